The van der Waals surface area contributed by atoms with E-state index in [-0.39, 0.29) is 31.1 Å². The third-order valence-corrected chi connectivity index (χ3v) is 11.2. The maximum atomic E-state index is 12.8. The van der Waals surface area contributed by atoms with E-state index >= 15 is 0 Å². The van der Waals surface area contributed by atoms with Crippen LogP contribution in [-0.2, 0) is 28.6 Å². The van der Waals surface area contributed by atoms with Crippen molar-refractivity contribution in [1.29, 1.82) is 0 Å². The largest absolute Gasteiger partial charge is 0.462 e. The van der Waals surface area contributed by atoms with Gasteiger partial charge in [0.1, 0.15) is 13.2 Å². The van der Waals surface area contributed by atoms with Crippen LogP contribution in [0.4, 0.5) is 0 Å². The second-order valence-corrected chi connectivity index (χ2v) is 17.5. The molecular formula is C59H98O6. The zero-order chi connectivity index (χ0) is 47.2. The normalized spacial score (nSPS) is 12.8. The number of carbonyl (C=O) groups is 3. The molecule has 0 N–H and O–H groups in total. The summed E-state index contributed by atoms with van der Waals surface area (Å²) in [5.41, 5.74) is 0. The Morgan fingerprint density at radius 2 is 0.615 bits per heavy atom. The highest BCUT2D eigenvalue weighted by Gasteiger charge is 2.19. The molecular weight excluding hydrogens is 805 g/mol. The molecule has 0 radical (unpaired) electrons. The van der Waals surface area contributed by atoms with E-state index in [1.54, 1.807) is 0 Å². The summed E-state index contributed by atoms with van der Waals surface area (Å²) < 4.78 is 16.8. The number of allylic oxidation sites excluding steroid dienone is 16. The minimum atomic E-state index is -0.801. The molecule has 0 saturated heterocycles. The monoisotopic (exact) mass is 903 g/mol. The van der Waals surface area contributed by atoms with Crippen molar-refractivity contribution >= 4 is 17.9 Å². The van der Waals surface area contributed by atoms with Gasteiger partial charge in [0.25, 0.3) is 0 Å². The average Bonchev–Trinajstić information content (AvgIpc) is 3.30. The highest BCUT2D eigenvalue weighted by Crippen LogP contribution is 2.14. The van der Waals surface area contributed by atoms with Gasteiger partial charge < -0.3 is 14.2 Å². The molecule has 1 unspecified atom stereocenters. The molecule has 0 rings (SSSR count). The van der Waals surface area contributed by atoms with Gasteiger partial charge >= 0.3 is 17.9 Å². The Balaban J connectivity index is 4.48. The first-order valence-electron chi connectivity index (χ1n) is 26.8. The fourth-order valence-electron chi connectivity index (χ4n) is 7.15. The van der Waals surface area contributed by atoms with Gasteiger partial charge in [-0.25, -0.2) is 0 Å². The van der Waals surface area contributed by atoms with E-state index < -0.39 is 6.10 Å². The Morgan fingerprint density at radius 3 is 1.03 bits per heavy atom. The highest BCUT2D eigenvalue weighted by atomic mass is 16.6. The van der Waals surface area contributed by atoms with E-state index in [0.29, 0.717) is 19.3 Å². The summed E-state index contributed by atoms with van der Waals surface area (Å²) >= 11 is 0. The van der Waals surface area contributed by atoms with Crippen molar-refractivity contribution in [3.8, 4) is 0 Å². The van der Waals surface area contributed by atoms with Gasteiger partial charge in [-0.3, -0.25) is 14.4 Å². The zero-order valence-corrected chi connectivity index (χ0v) is 42.2. The Bertz CT molecular complexity index is 1310. The molecule has 6 nitrogen and oxygen atoms in total. The molecule has 0 aromatic heterocycles. The van der Waals surface area contributed by atoms with E-state index in [4.69, 9.17) is 14.2 Å². The first-order chi connectivity index (χ1) is 32.0. The Kier molecular flexibility index (Phi) is 50.0. The third-order valence-electron chi connectivity index (χ3n) is 11.2. The Morgan fingerprint density at radius 1 is 0.323 bits per heavy atom. The lowest BCUT2D eigenvalue weighted by Gasteiger charge is -2.18. The molecule has 0 amide bonds. The fourth-order valence-corrected chi connectivity index (χ4v) is 7.15. The second-order valence-electron chi connectivity index (χ2n) is 17.5. The van der Waals surface area contributed by atoms with Crippen LogP contribution in [0.3, 0.4) is 0 Å². The SMILES string of the molecule is CC\C=C/C=C\C=C/CCCCCCCCCC(=O)OC(COC(=O)CCCCC/C=C\CCCCCCCCC)COC(=O)CCCCCCC\C=C/C=C\C=C/C=C\CCCCC. The van der Waals surface area contributed by atoms with Crippen molar-refractivity contribution in [2.75, 3.05) is 13.2 Å². The van der Waals surface area contributed by atoms with Gasteiger partial charge in [-0.2, -0.15) is 0 Å². The molecule has 6 heteroatoms. The Hall–Kier alpha value is -3.67. The van der Waals surface area contributed by atoms with Gasteiger partial charge in [0.05, 0.1) is 0 Å². The van der Waals surface area contributed by atoms with Crippen LogP contribution in [0, 0.1) is 0 Å². The summed E-state index contributed by atoms with van der Waals surface area (Å²) in [5, 5.41) is 0. The van der Waals surface area contributed by atoms with Crippen molar-refractivity contribution in [3.63, 3.8) is 0 Å². The molecule has 1 atom stereocenters. The lowest BCUT2D eigenvalue weighted by atomic mass is 10.1. The maximum Gasteiger partial charge on any atom is 0.306 e. The standard InChI is InChI=1S/C59H98O6/c1-4-7-10-13-16-19-22-25-28-29-30-32-34-37-40-43-46-49-52-58(61)64-55-56(54-63-57(60)51-48-45-42-39-36-33-27-24-21-18-15-12-9-6-3)65-59(62)53-50-47-44-41-38-35-31-26-23-20-17-14-11-8-5-2/h8,11,14,16-17,19-20,22-23,25,28-30,32-33,36,56H,4-7,9-10,12-13,15,18,21,24,26-27,31,34-35,37-55H2,1-3H3/b11-8-,17-14-,19-16-,23-20-,25-22-,29-28-,32-30-,36-33-. The number of unbranched alkanes of at least 4 members (excludes halogenated alkanes) is 25. The molecule has 0 fully saturated rings. The minimum absolute atomic E-state index is 0.0992. The summed E-state index contributed by atoms with van der Waals surface area (Å²) in [6, 6.07) is 0. The van der Waals surface area contributed by atoms with E-state index in [9.17, 15) is 14.4 Å². The van der Waals surface area contributed by atoms with Crippen LogP contribution in [0.25, 0.3) is 0 Å². The van der Waals surface area contributed by atoms with E-state index in [0.717, 1.165) is 116 Å². The third kappa shape index (κ3) is 51.2. The number of carbonyl (C=O) groups excluding carboxylic acids is 3. The summed E-state index contributed by atoms with van der Waals surface area (Å²) in [7, 11) is 0. The van der Waals surface area contributed by atoms with Gasteiger partial charge in [-0.15, -0.1) is 0 Å². The first-order valence-corrected chi connectivity index (χ1v) is 26.8. The topological polar surface area (TPSA) is 78.9 Å². The van der Waals surface area contributed by atoms with Crippen LogP contribution in [0.5, 0.6) is 0 Å². The van der Waals surface area contributed by atoms with Crippen LogP contribution in [0.1, 0.15) is 239 Å². The zero-order valence-electron chi connectivity index (χ0n) is 42.2. The molecule has 0 aliphatic heterocycles. The fraction of sp³-hybridized carbons (Fsp3) is 0.678. The van der Waals surface area contributed by atoms with Crippen LogP contribution in [0.2, 0.25) is 0 Å². The maximum absolute atomic E-state index is 12.8. The first kappa shape index (κ1) is 61.3. The molecule has 0 aromatic carbocycles. The summed E-state index contributed by atoms with van der Waals surface area (Å²) in [4.78, 5) is 38.0. The lowest BCUT2D eigenvalue weighted by molar-refractivity contribution is -0.167. The molecule has 0 heterocycles. The molecule has 0 saturated carbocycles. The van der Waals surface area contributed by atoms with Gasteiger partial charge in [0.2, 0.25) is 0 Å². The number of rotatable bonds is 47. The number of hydrogen-bond donors (Lipinski definition) is 0. The Labute approximate surface area is 400 Å². The number of ether oxygens (including phenoxy) is 3. The molecule has 0 bridgehead atoms. The quantitative estimate of drug-likeness (QED) is 0.0199. The average molecular weight is 903 g/mol. The predicted molar refractivity (Wildman–Crippen MR) is 279 cm³/mol. The van der Waals surface area contributed by atoms with Crippen molar-refractivity contribution in [2.45, 2.75) is 245 Å². The number of esters is 3. The van der Waals surface area contributed by atoms with E-state index in [2.05, 4.69) is 118 Å². The van der Waals surface area contributed by atoms with Gasteiger partial charge in [-0.1, -0.05) is 227 Å². The van der Waals surface area contributed by atoms with Crippen LogP contribution in [0.15, 0.2) is 97.2 Å². The molecule has 0 aliphatic rings. The lowest BCUT2D eigenvalue weighted by Crippen LogP contribution is -2.30. The van der Waals surface area contributed by atoms with Crippen molar-refractivity contribution in [3.05, 3.63) is 97.2 Å². The van der Waals surface area contributed by atoms with Crippen LogP contribution < -0.4 is 0 Å². The predicted octanol–water partition coefficient (Wildman–Crippen LogP) is 17.8. The van der Waals surface area contributed by atoms with Crippen molar-refractivity contribution in [2.24, 2.45) is 0 Å². The van der Waals surface area contributed by atoms with Gasteiger partial charge in [0, 0.05) is 19.3 Å². The van der Waals surface area contributed by atoms with Gasteiger partial charge in [0.15, 0.2) is 6.10 Å². The second kappa shape index (κ2) is 52.9. The van der Waals surface area contributed by atoms with Gasteiger partial charge in [-0.05, 0) is 89.9 Å². The van der Waals surface area contributed by atoms with Crippen molar-refractivity contribution < 1.29 is 28.6 Å². The highest BCUT2D eigenvalue weighted by molar-refractivity contribution is 5.71. The van der Waals surface area contributed by atoms with E-state index in [1.807, 2.05) is 0 Å². The van der Waals surface area contributed by atoms with Crippen molar-refractivity contribution in [1.82, 2.24) is 0 Å². The van der Waals surface area contributed by atoms with E-state index in [1.165, 1.54) is 83.5 Å². The molecule has 370 valence electrons. The molecule has 0 aliphatic carbocycles. The minimum Gasteiger partial charge on any atom is -0.462 e. The number of hydrogen-bond acceptors (Lipinski definition) is 6. The molecule has 0 spiro atoms. The molecule has 0 aromatic rings. The molecule has 65 heavy (non-hydrogen) atoms. The van der Waals surface area contributed by atoms with Crippen LogP contribution in [-0.4, -0.2) is 37.2 Å². The van der Waals surface area contributed by atoms with Crippen LogP contribution >= 0.6 is 0 Å². The summed E-state index contributed by atoms with van der Waals surface area (Å²) in [5.74, 6) is -0.950. The summed E-state index contributed by atoms with van der Waals surface area (Å²) in [6.07, 6.45) is 69.5. The summed E-state index contributed by atoms with van der Waals surface area (Å²) in [6.45, 7) is 6.42. The smallest absolute Gasteiger partial charge is 0.306 e.